The number of nitrogens with zero attached hydrogens (tertiary/aromatic N) is 4. The molecule has 6 nitrogen and oxygen atoms in total. The minimum Gasteiger partial charge on any atom is -0.356 e. The molecule has 1 amide bonds. The first kappa shape index (κ1) is 18.3. The molecule has 1 saturated heterocycles. The molecule has 0 spiro atoms. The highest BCUT2D eigenvalue weighted by molar-refractivity contribution is 6.06. The van der Waals surface area contributed by atoms with Gasteiger partial charge in [-0.05, 0) is 36.2 Å². The van der Waals surface area contributed by atoms with Crippen LogP contribution in [-0.4, -0.2) is 33.5 Å². The van der Waals surface area contributed by atoms with Gasteiger partial charge in [-0.15, -0.1) is 0 Å². The molecule has 1 aliphatic heterocycles. The number of aromatic nitrogens is 3. The van der Waals surface area contributed by atoms with Crippen LogP contribution in [-0.2, 0) is 6.54 Å². The lowest BCUT2D eigenvalue weighted by atomic mass is 10.2. The van der Waals surface area contributed by atoms with E-state index < -0.39 is 5.82 Å². The Hall–Kier alpha value is -3.74. The van der Waals surface area contributed by atoms with Gasteiger partial charge in [0.25, 0.3) is 5.91 Å². The maximum Gasteiger partial charge on any atom is 0.272 e. The van der Waals surface area contributed by atoms with Gasteiger partial charge in [-0.1, -0.05) is 30.3 Å². The first-order chi connectivity index (χ1) is 14.7. The molecule has 4 heterocycles. The fourth-order valence-electron chi connectivity index (χ4n) is 3.62. The largest absolute Gasteiger partial charge is 0.356 e. The normalized spacial score (nSPS) is 13.3. The number of hydrogen-bond donors (Lipinski definition) is 1. The molecule has 1 aliphatic rings. The summed E-state index contributed by atoms with van der Waals surface area (Å²) in [6.45, 7) is 2.49. The number of hydrogen-bond acceptors (Lipinski definition) is 4. The van der Waals surface area contributed by atoms with Gasteiger partial charge in [0.05, 0.1) is 18.1 Å². The van der Waals surface area contributed by atoms with E-state index in [0.717, 1.165) is 24.5 Å². The van der Waals surface area contributed by atoms with Crippen molar-refractivity contribution in [3.05, 3.63) is 84.1 Å². The van der Waals surface area contributed by atoms with Crippen molar-refractivity contribution < 1.29 is 9.18 Å². The molecule has 0 unspecified atom stereocenters. The van der Waals surface area contributed by atoms with Gasteiger partial charge in [0, 0.05) is 25.0 Å². The molecule has 7 heteroatoms. The van der Waals surface area contributed by atoms with Crippen molar-refractivity contribution in [2.75, 3.05) is 23.3 Å². The Bertz CT molecular complexity index is 1200. The fraction of sp³-hybridized carbons (Fsp3) is 0.174. The maximum atomic E-state index is 13.7. The average Bonchev–Trinajstić information content (AvgIpc) is 3.06. The quantitative estimate of drug-likeness (QED) is 0.547. The zero-order valence-corrected chi connectivity index (χ0v) is 16.3. The number of benzene rings is 1. The average molecular weight is 401 g/mol. The summed E-state index contributed by atoms with van der Waals surface area (Å²) in [6, 6.07) is 16.6. The molecule has 1 fully saturated rings. The highest BCUT2D eigenvalue weighted by Gasteiger charge is 2.19. The molecule has 0 atom stereocenters. The van der Waals surface area contributed by atoms with Crippen LogP contribution in [0.5, 0.6) is 0 Å². The Morgan fingerprint density at radius 1 is 1.03 bits per heavy atom. The van der Waals surface area contributed by atoms with Gasteiger partial charge in [-0.3, -0.25) is 4.79 Å². The summed E-state index contributed by atoms with van der Waals surface area (Å²) < 4.78 is 15.5. The summed E-state index contributed by atoms with van der Waals surface area (Å²) >= 11 is 0. The highest BCUT2D eigenvalue weighted by atomic mass is 19.1. The van der Waals surface area contributed by atoms with Crippen LogP contribution in [0.2, 0.25) is 0 Å². The van der Waals surface area contributed by atoms with E-state index in [1.807, 2.05) is 42.5 Å². The SMILES string of the molecule is O=C(Nc1ccc(N2CCC2)nc1)c1cc2cc(F)cnc2n1Cc1ccccc1. The molecule has 0 aliphatic carbocycles. The first-order valence-corrected chi connectivity index (χ1v) is 9.88. The monoisotopic (exact) mass is 401 g/mol. The number of halogens is 1. The second-order valence-electron chi connectivity index (χ2n) is 7.37. The Balaban J connectivity index is 1.46. The van der Waals surface area contributed by atoms with E-state index in [1.54, 1.807) is 16.8 Å². The topological polar surface area (TPSA) is 63.1 Å². The number of fused-ring (bicyclic) bond motifs is 1. The van der Waals surface area contributed by atoms with Gasteiger partial charge in [0.15, 0.2) is 0 Å². The van der Waals surface area contributed by atoms with Gasteiger partial charge in [0.1, 0.15) is 23.0 Å². The van der Waals surface area contributed by atoms with Crippen LogP contribution in [0.25, 0.3) is 11.0 Å². The number of anilines is 2. The summed E-state index contributed by atoms with van der Waals surface area (Å²) in [4.78, 5) is 23.9. The maximum absolute atomic E-state index is 13.7. The number of pyridine rings is 2. The molecule has 0 bridgehead atoms. The van der Waals surface area contributed by atoms with Crippen molar-refractivity contribution in [2.45, 2.75) is 13.0 Å². The zero-order valence-electron chi connectivity index (χ0n) is 16.3. The lowest BCUT2D eigenvalue weighted by Crippen LogP contribution is -2.37. The van der Waals surface area contributed by atoms with E-state index in [-0.39, 0.29) is 5.91 Å². The van der Waals surface area contributed by atoms with Crippen molar-refractivity contribution >= 4 is 28.4 Å². The molecular formula is C23H20FN5O. The van der Waals surface area contributed by atoms with Gasteiger partial charge in [-0.25, -0.2) is 14.4 Å². The van der Waals surface area contributed by atoms with Crippen molar-refractivity contribution in [2.24, 2.45) is 0 Å². The Morgan fingerprint density at radius 3 is 2.57 bits per heavy atom. The summed E-state index contributed by atoms with van der Waals surface area (Å²) in [6.07, 6.45) is 4.01. The summed E-state index contributed by atoms with van der Waals surface area (Å²) in [5.41, 5.74) is 2.62. The lowest BCUT2D eigenvalue weighted by molar-refractivity contribution is 0.101. The van der Waals surface area contributed by atoms with Crippen LogP contribution in [0, 0.1) is 5.82 Å². The van der Waals surface area contributed by atoms with Crippen LogP contribution in [0.3, 0.4) is 0 Å². The molecular weight excluding hydrogens is 381 g/mol. The van der Waals surface area contributed by atoms with E-state index in [2.05, 4.69) is 20.2 Å². The molecule has 30 heavy (non-hydrogen) atoms. The Labute approximate surface area is 173 Å². The molecule has 150 valence electrons. The van der Waals surface area contributed by atoms with E-state index in [4.69, 9.17) is 0 Å². The van der Waals surface area contributed by atoms with Crippen molar-refractivity contribution in [1.82, 2.24) is 14.5 Å². The Morgan fingerprint density at radius 2 is 1.87 bits per heavy atom. The lowest BCUT2D eigenvalue weighted by Gasteiger charge is -2.31. The smallest absolute Gasteiger partial charge is 0.272 e. The van der Waals surface area contributed by atoms with Crippen LogP contribution in [0.15, 0.2) is 67.0 Å². The van der Waals surface area contributed by atoms with Gasteiger partial charge in [-0.2, -0.15) is 0 Å². The minimum atomic E-state index is -0.433. The molecule has 1 aromatic carbocycles. The molecule has 4 aromatic rings. The van der Waals surface area contributed by atoms with E-state index in [9.17, 15) is 9.18 Å². The van der Waals surface area contributed by atoms with Crippen molar-refractivity contribution in [3.8, 4) is 0 Å². The summed E-state index contributed by atoms with van der Waals surface area (Å²) in [5, 5.41) is 3.49. The molecule has 1 N–H and O–H groups in total. The third kappa shape index (κ3) is 3.50. The number of nitrogens with one attached hydrogen (secondary N) is 1. The molecule has 0 saturated carbocycles. The van der Waals surface area contributed by atoms with Crippen LogP contribution in [0.1, 0.15) is 22.5 Å². The van der Waals surface area contributed by atoms with Gasteiger partial charge < -0.3 is 14.8 Å². The van der Waals surface area contributed by atoms with Crippen LogP contribution >= 0.6 is 0 Å². The van der Waals surface area contributed by atoms with Gasteiger partial charge >= 0.3 is 0 Å². The van der Waals surface area contributed by atoms with Crippen LogP contribution < -0.4 is 10.2 Å². The number of carbonyl (C=O) groups is 1. The standard InChI is InChI=1S/C23H20FN5O/c24-18-11-17-12-20(29(22(17)26-13-18)15-16-5-2-1-3-6-16)23(30)27-19-7-8-21(25-14-19)28-9-4-10-28/h1-3,5-8,11-14H,4,9-10,15H2,(H,27,30). The summed E-state index contributed by atoms with van der Waals surface area (Å²) in [7, 11) is 0. The van der Waals surface area contributed by atoms with E-state index >= 15 is 0 Å². The second-order valence-corrected chi connectivity index (χ2v) is 7.37. The minimum absolute atomic E-state index is 0.289. The Kier molecular flexibility index (Phi) is 4.63. The molecule has 3 aromatic heterocycles. The molecule has 5 rings (SSSR count). The first-order valence-electron chi connectivity index (χ1n) is 9.88. The third-order valence-electron chi connectivity index (χ3n) is 5.30. The molecule has 0 radical (unpaired) electrons. The highest BCUT2D eigenvalue weighted by Crippen LogP contribution is 2.23. The number of amides is 1. The van der Waals surface area contributed by atoms with E-state index in [0.29, 0.717) is 29.0 Å². The zero-order chi connectivity index (χ0) is 20.5. The van der Waals surface area contributed by atoms with Gasteiger partial charge in [0.2, 0.25) is 0 Å². The predicted molar refractivity (Wildman–Crippen MR) is 114 cm³/mol. The number of rotatable bonds is 5. The third-order valence-corrected chi connectivity index (χ3v) is 5.30. The summed E-state index contributed by atoms with van der Waals surface area (Å²) in [5.74, 6) is 0.192. The van der Waals surface area contributed by atoms with Crippen molar-refractivity contribution in [3.63, 3.8) is 0 Å². The van der Waals surface area contributed by atoms with E-state index in [1.165, 1.54) is 18.7 Å². The number of carbonyl (C=O) groups excluding carboxylic acids is 1. The predicted octanol–water partition coefficient (Wildman–Crippen LogP) is 4.08. The fourth-order valence-corrected chi connectivity index (χ4v) is 3.62. The van der Waals surface area contributed by atoms with Crippen molar-refractivity contribution in [1.29, 1.82) is 0 Å². The van der Waals surface area contributed by atoms with Crippen LogP contribution in [0.4, 0.5) is 15.9 Å². The second kappa shape index (κ2) is 7.59.